The lowest BCUT2D eigenvalue weighted by Crippen LogP contribution is -2.29. The molecule has 0 spiro atoms. The van der Waals surface area contributed by atoms with Crippen LogP contribution in [0.2, 0.25) is 5.02 Å². The Labute approximate surface area is 175 Å². The maximum absolute atomic E-state index is 13.8. The van der Waals surface area contributed by atoms with Crippen molar-refractivity contribution in [3.63, 3.8) is 0 Å². The van der Waals surface area contributed by atoms with Crippen molar-refractivity contribution in [1.29, 1.82) is 0 Å². The Bertz CT molecular complexity index is 1010. The lowest BCUT2D eigenvalue weighted by atomic mass is 9.73. The molecule has 0 radical (unpaired) electrons. The molecule has 0 aliphatic heterocycles. The number of amides is 1. The number of aromatic nitrogens is 1. The van der Waals surface area contributed by atoms with Crippen LogP contribution in [0.25, 0.3) is 10.9 Å². The summed E-state index contributed by atoms with van der Waals surface area (Å²) >= 11 is 5.90. The summed E-state index contributed by atoms with van der Waals surface area (Å²) in [4.78, 5) is 17.0. The van der Waals surface area contributed by atoms with Gasteiger partial charge >= 0.3 is 0 Å². The van der Waals surface area contributed by atoms with Crippen LogP contribution in [0, 0.1) is 17.7 Å². The van der Waals surface area contributed by atoms with Crippen LogP contribution >= 0.6 is 11.6 Å². The number of halogens is 2. The predicted molar refractivity (Wildman–Crippen MR) is 116 cm³/mol. The molecule has 1 atom stereocenters. The van der Waals surface area contributed by atoms with Crippen LogP contribution in [0.15, 0.2) is 54.7 Å². The second-order valence-corrected chi connectivity index (χ2v) is 8.39. The fourth-order valence-electron chi connectivity index (χ4n) is 4.43. The first-order chi connectivity index (χ1) is 14.0. The molecule has 2 aromatic carbocycles. The average Bonchev–Trinajstić information content (AvgIpc) is 2.74. The van der Waals surface area contributed by atoms with Gasteiger partial charge in [0.2, 0.25) is 5.91 Å². The van der Waals surface area contributed by atoms with Crippen molar-refractivity contribution in [2.24, 2.45) is 11.8 Å². The minimum absolute atomic E-state index is 0.0483. The molecule has 3 aromatic rings. The van der Waals surface area contributed by atoms with Gasteiger partial charge in [-0.15, -0.1) is 0 Å². The first kappa shape index (κ1) is 19.8. The summed E-state index contributed by atoms with van der Waals surface area (Å²) in [5, 5.41) is 4.55. The van der Waals surface area contributed by atoms with Gasteiger partial charge in [-0.1, -0.05) is 18.5 Å². The molecule has 1 aromatic heterocycles. The van der Waals surface area contributed by atoms with E-state index in [-0.39, 0.29) is 17.6 Å². The number of hydrogen-bond acceptors (Lipinski definition) is 2. The highest BCUT2D eigenvalue weighted by molar-refractivity contribution is 6.30. The van der Waals surface area contributed by atoms with Gasteiger partial charge in [-0.05, 0) is 91.6 Å². The Morgan fingerprint density at radius 3 is 2.55 bits per heavy atom. The quantitative estimate of drug-likeness (QED) is 0.528. The van der Waals surface area contributed by atoms with Crippen molar-refractivity contribution in [1.82, 2.24) is 4.98 Å². The van der Waals surface area contributed by atoms with Gasteiger partial charge in [0.15, 0.2) is 0 Å². The van der Waals surface area contributed by atoms with Crippen LogP contribution in [0.5, 0.6) is 0 Å². The average molecular weight is 411 g/mol. The van der Waals surface area contributed by atoms with Gasteiger partial charge in [0, 0.05) is 28.2 Å². The normalized spacial score (nSPS) is 20.4. The Morgan fingerprint density at radius 2 is 1.83 bits per heavy atom. The first-order valence-electron chi connectivity index (χ1n) is 10.1. The third-order valence-corrected chi connectivity index (χ3v) is 6.43. The molecule has 1 aliphatic carbocycles. The summed E-state index contributed by atoms with van der Waals surface area (Å²) in [6.45, 7) is 2.01. The maximum Gasteiger partial charge on any atom is 0.227 e. The van der Waals surface area contributed by atoms with Crippen LogP contribution < -0.4 is 5.32 Å². The molecule has 1 saturated carbocycles. The van der Waals surface area contributed by atoms with Gasteiger partial charge in [0.1, 0.15) is 5.82 Å². The topological polar surface area (TPSA) is 42.0 Å². The smallest absolute Gasteiger partial charge is 0.227 e. The van der Waals surface area contributed by atoms with E-state index >= 15 is 0 Å². The lowest BCUT2D eigenvalue weighted by Gasteiger charge is -2.32. The zero-order valence-electron chi connectivity index (χ0n) is 16.4. The molecule has 1 heterocycles. The number of fused-ring (bicyclic) bond motifs is 1. The van der Waals surface area contributed by atoms with E-state index in [0.29, 0.717) is 16.9 Å². The minimum Gasteiger partial charge on any atom is -0.326 e. The zero-order valence-corrected chi connectivity index (χ0v) is 17.1. The van der Waals surface area contributed by atoms with Gasteiger partial charge in [-0.2, -0.15) is 0 Å². The van der Waals surface area contributed by atoms with E-state index in [1.165, 1.54) is 11.6 Å². The van der Waals surface area contributed by atoms with E-state index in [1.807, 2.05) is 31.3 Å². The van der Waals surface area contributed by atoms with E-state index < -0.39 is 0 Å². The number of nitrogens with zero attached hydrogens (tertiary/aromatic N) is 1. The van der Waals surface area contributed by atoms with Gasteiger partial charge in [-0.3, -0.25) is 9.78 Å². The Morgan fingerprint density at radius 1 is 1.10 bits per heavy atom. The molecule has 1 N–H and O–H groups in total. The fourth-order valence-corrected chi connectivity index (χ4v) is 4.56. The lowest BCUT2D eigenvalue weighted by molar-refractivity contribution is -0.121. The number of hydrogen-bond donors (Lipinski definition) is 1. The molecule has 1 unspecified atom stereocenters. The molecule has 1 fully saturated rings. The third kappa shape index (κ3) is 4.43. The van der Waals surface area contributed by atoms with Crippen LogP contribution in [-0.2, 0) is 4.79 Å². The molecule has 3 nitrogen and oxygen atoms in total. The molecule has 0 bridgehead atoms. The summed E-state index contributed by atoms with van der Waals surface area (Å²) < 4.78 is 13.8. The number of carbonyl (C=O) groups is 1. The standard InChI is InChI=1S/C24H24ClFN2O/c1-15(24(29)28-20-9-6-18(25)7-10-20)16-2-4-17(5-3-16)21-12-13-27-23-11-8-19(26)14-22(21)23/h6-17H,2-5H2,1H3,(H,28,29)/t15?,16-,17+. The molecule has 1 aliphatic rings. The molecule has 0 saturated heterocycles. The van der Waals surface area contributed by atoms with Crippen molar-refractivity contribution in [3.8, 4) is 0 Å². The van der Waals surface area contributed by atoms with Crippen molar-refractivity contribution in [3.05, 3.63) is 71.1 Å². The SMILES string of the molecule is CC(C(=O)Nc1ccc(Cl)cc1)[C@H]1CC[C@@H](c2ccnc3ccc(F)cc32)CC1. The summed E-state index contributed by atoms with van der Waals surface area (Å²) in [5.41, 5.74) is 2.78. The highest BCUT2D eigenvalue weighted by Crippen LogP contribution is 2.41. The van der Waals surface area contributed by atoms with Crippen LogP contribution in [0.4, 0.5) is 10.1 Å². The number of pyridine rings is 1. The predicted octanol–water partition coefficient (Wildman–Crippen LogP) is 6.58. The monoisotopic (exact) mass is 410 g/mol. The number of anilines is 1. The first-order valence-corrected chi connectivity index (χ1v) is 10.5. The second kappa shape index (κ2) is 8.50. The third-order valence-electron chi connectivity index (χ3n) is 6.18. The fraction of sp³-hybridized carbons (Fsp3) is 0.333. The summed E-state index contributed by atoms with van der Waals surface area (Å²) in [5.74, 6) is 0.492. The summed E-state index contributed by atoms with van der Waals surface area (Å²) in [7, 11) is 0. The van der Waals surface area contributed by atoms with Crippen molar-refractivity contribution in [2.45, 2.75) is 38.5 Å². The summed E-state index contributed by atoms with van der Waals surface area (Å²) in [6.07, 6.45) is 5.78. The second-order valence-electron chi connectivity index (χ2n) is 7.96. The molecule has 4 rings (SSSR count). The van der Waals surface area contributed by atoms with E-state index in [2.05, 4.69) is 10.3 Å². The number of rotatable bonds is 4. The van der Waals surface area contributed by atoms with E-state index in [9.17, 15) is 9.18 Å². The zero-order chi connectivity index (χ0) is 20.4. The van der Waals surface area contributed by atoms with Crippen LogP contribution in [0.3, 0.4) is 0 Å². The van der Waals surface area contributed by atoms with Crippen molar-refractivity contribution in [2.75, 3.05) is 5.32 Å². The van der Waals surface area contributed by atoms with Gasteiger partial charge in [0.05, 0.1) is 5.52 Å². The molecule has 5 heteroatoms. The Hall–Kier alpha value is -2.46. The Balaban J connectivity index is 1.41. The molecule has 150 valence electrons. The van der Waals surface area contributed by atoms with Crippen molar-refractivity contribution < 1.29 is 9.18 Å². The highest BCUT2D eigenvalue weighted by Gasteiger charge is 2.30. The number of nitrogens with one attached hydrogen (secondary N) is 1. The molecular formula is C24H24ClFN2O. The molecule has 29 heavy (non-hydrogen) atoms. The maximum atomic E-state index is 13.8. The van der Waals surface area contributed by atoms with E-state index in [4.69, 9.17) is 11.6 Å². The number of benzene rings is 2. The number of carbonyl (C=O) groups excluding carboxylic acids is 1. The van der Waals surface area contributed by atoms with E-state index in [1.54, 1.807) is 24.3 Å². The molecular weight excluding hydrogens is 387 g/mol. The van der Waals surface area contributed by atoms with Crippen molar-refractivity contribution >= 4 is 34.1 Å². The van der Waals surface area contributed by atoms with E-state index in [0.717, 1.165) is 42.3 Å². The minimum atomic E-state index is -0.229. The largest absolute Gasteiger partial charge is 0.326 e. The molecule has 1 amide bonds. The van der Waals surface area contributed by atoms with Gasteiger partial charge in [0.25, 0.3) is 0 Å². The summed E-state index contributed by atoms with van der Waals surface area (Å²) in [6, 6.07) is 14.0. The van der Waals surface area contributed by atoms with Gasteiger partial charge < -0.3 is 5.32 Å². The highest BCUT2D eigenvalue weighted by atomic mass is 35.5. The van der Waals surface area contributed by atoms with Gasteiger partial charge in [-0.25, -0.2) is 4.39 Å². The van der Waals surface area contributed by atoms with Crippen LogP contribution in [-0.4, -0.2) is 10.9 Å². The van der Waals surface area contributed by atoms with Crippen LogP contribution in [0.1, 0.15) is 44.1 Å². The Kier molecular flexibility index (Phi) is 5.81.